The van der Waals surface area contributed by atoms with Crippen LogP contribution < -0.4 is 10.5 Å². The number of halogens is 4. The quantitative estimate of drug-likeness (QED) is 0.585. The van der Waals surface area contributed by atoms with Gasteiger partial charge in [-0.2, -0.15) is 0 Å². The van der Waals surface area contributed by atoms with Crippen LogP contribution >= 0.6 is 39.1 Å². The van der Waals surface area contributed by atoms with Gasteiger partial charge in [0.25, 0.3) is 0 Å². The third-order valence-electron chi connectivity index (χ3n) is 2.45. The van der Waals surface area contributed by atoms with E-state index in [0.717, 1.165) is 0 Å². The van der Waals surface area contributed by atoms with Crippen molar-refractivity contribution in [1.82, 2.24) is 0 Å². The second-order valence-electron chi connectivity index (χ2n) is 3.83. The molecule has 0 amide bonds. The lowest BCUT2D eigenvalue weighted by Gasteiger charge is -2.11. The van der Waals surface area contributed by atoms with E-state index in [0.29, 0.717) is 10.0 Å². The number of nitrogen functional groups attached to an aromatic ring is 1. The van der Waals surface area contributed by atoms with Gasteiger partial charge in [-0.25, -0.2) is 4.39 Å². The normalized spacial score (nSPS) is 10.4. The van der Waals surface area contributed by atoms with Gasteiger partial charge in [-0.15, -0.1) is 0 Å². The van der Waals surface area contributed by atoms with Crippen LogP contribution in [0.25, 0.3) is 0 Å². The molecule has 0 radical (unpaired) electrons. The summed E-state index contributed by atoms with van der Waals surface area (Å²) >= 11 is 14.8. The number of amidine groups is 1. The van der Waals surface area contributed by atoms with Crippen LogP contribution in [0.5, 0.6) is 11.5 Å². The Hall–Kier alpha value is -1.30. The number of ether oxygens (including phenoxy) is 1. The lowest BCUT2D eigenvalue weighted by molar-refractivity contribution is 0.440. The minimum atomic E-state index is -0.672. The molecule has 104 valence electrons. The van der Waals surface area contributed by atoms with Crippen LogP contribution in [0.4, 0.5) is 4.39 Å². The molecular formula is C13H8BrCl2FN2O. The predicted molar refractivity (Wildman–Crippen MR) is 81.7 cm³/mol. The molecule has 3 N–H and O–H groups in total. The summed E-state index contributed by atoms with van der Waals surface area (Å²) in [4.78, 5) is 0. The van der Waals surface area contributed by atoms with Crippen molar-refractivity contribution in [3.05, 3.63) is 56.2 Å². The third-order valence-corrected chi connectivity index (χ3v) is 3.77. The summed E-state index contributed by atoms with van der Waals surface area (Å²) in [5, 5.41) is 8.06. The van der Waals surface area contributed by atoms with Gasteiger partial charge >= 0.3 is 0 Å². The minimum absolute atomic E-state index is 0.0500. The molecule has 3 nitrogen and oxygen atoms in total. The maximum atomic E-state index is 14.1. The minimum Gasteiger partial charge on any atom is -0.453 e. The first-order valence-corrected chi connectivity index (χ1v) is 6.90. The number of benzene rings is 2. The third kappa shape index (κ3) is 3.06. The Labute approximate surface area is 133 Å². The van der Waals surface area contributed by atoms with Crippen LogP contribution in [0.15, 0.2) is 34.8 Å². The lowest BCUT2D eigenvalue weighted by atomic mass is 10.2. The molecule has 0 heterocycles. The lowest BCUT2D eigenvalue weighted by Crippen LogP contribution is -2.12. The molecule has 0 aliphatic rings. The number of rotatable bonds is 3. The molecule has 0 spiro atoms. The first-order chi connectivity index (χ1) is 9.40. The molecule has 0 unspecified atom stereocenters. The van der Waals surface area contributed by atoms with E-state index in [-0.39, 0.29) is 27.4 Å². The highest BCUT2D eigenvalue weighted by Gasteiger charge is 2.15. The molecule has 0 aromatic heterocycles. The summed E-state index contributed by atoms with van der Waals surface area (Å²) in [5.41, 5.74) is 5.58. The van der Waals surface area contributed by atoms with Gasteiger partial charge < -0.3 is 10.5 Å². The van der Waals surface area contributed by atoms with Crippen molar-refractivity contribution in [2.45, 2.75) is 0 Å². The van der Waals surface area contributed by atoms with E-state index < -0.39 is 5.82 Å². The number of nitrogens with two attached hydrogens (primary N) is 1. The van der Waals surface area contributed by atoms with E-state index in [4.69, 9.17) is 39.1 Å². The van der Waals surface area contributed by atoms with E-state index in [1.165, 1.54) is 18.2 Å². The van der Waals surface area contributed by atoms with Gasteiger partial charge in [-0.3, -0.25) is 5.41 Å². The van der Waals surface area contributed by atoms with Crippen LogP contribution in [0.3, 0.4) is 0 Å². The fourth-order valence-corrected chi connectivity index (χ4v) is 2.35. The van der Waals surface area contributed by atoms with Gasteiger partial charge in [0, 0.05) is 16.7 Å². The van der Waals surface area contributed by atoms with Crippen LogP contribution in [-0.2, 0) is 0 Å². The van der Waals surface area contributed by atoms with Gasteiger partial charge in [-0.1, -0.05) is 23.2 Å². The van der Waals surface area contributed by atoms with E-state index in [9.17, 15) is 4.39 Å². The standard InChI is InChI=1S/C13H8BrCl2FN2O/c14-11-7(13(18)19)2-4-9(12(11)17)20-10-5-6(15)1-3-8(10)16/h1-5H,(H3,18,19). The van der Waals surface area contributed by atoms with Crippen LogP contribution in [0.1, 0.15) is 5.56 Å². The molecule has 2 aromatic carbocycles. The number of hydrogen-bond donors (Lipinski definition) is 2. The maximum Gasteiger partial charge on any atom is 0.180 e. The second-order valence-corrected chi connectivity index (χ2v) is 5.47. The summed E-state index contributed by atoms with van der Waals surface area (Å²) in [6, 6.07) is 7.48. The Morgan fingerprint density at radius 3 is 2.55 bits per heavy atom. The Kier molecular flexibility index (Phi) is 4.52. The Bertz CT molecular complexity index is 694. The summed E-state index contributed by atoms with van der Waals surface area (Å²) in [7, 11) is 0. The summed E-state index contributed by atoms with van der Waals surface area (Å²) < 4.78 is 19.6. The molecule has 2 aromatic rings. The van der Waals surface area contributed by atoms with Gasteiger partial charge in [0.05, 0.1) is 9.50 Å². The van der Waals surface area contributed by atoms with Gasteiger partial charge in [0.15, 0.2) is 11.6 Å². The fourth-order valence-electron chi connectivity index (χ4n) is 1.49. The maximum absolute atomic E-state index is 14.1. The number of nitrogens with one attached hydrogen (secondary N) is 1. The smallest absolute Gasteiger partial charge is 0.180 e. The van der Waals surface area contributed by atoms with E-state index in [1.807, 2.05) is 0 Å². The zero-order valence-electron chi connectivity index (χ0n) is 9.88. The highest BCUT2D eigenvalue weighted by molar-refractivity contribution is 9.10. The van der Waals surface area contributed by atoms with Gasteiger partial charge in [0.2, 0.25) is 0 Å². The highest BCUT2D eigenvalue weighted by Crippen LogP contribution is 2.35. The summed E-state index contributed by atoms with van der Waals surface area (Å²) in [5.74, 6) is -0.733. The molecule has 0 fully saturated rings. The van der Waals surface area contributed by atoms with E-state index in [2.05, 4.69) is 15.9 Å². The Balaban J connectivity index is 2.42. The highest BCUT2D eigenvalue weighted by atomic mass is 79.9. The van der Waals surface area contributed by atoms with Crippen molar-refractivity contribution >= 4 is 45.0 Å². The largest absolute Gasteiger partial charge is 0.453 e. The molecular weight excluding hydrogens is 370 g/mol. The Morgan fingerprint density at radius 2 is 1.90 bits per heavy atom. The first kappa shape index (κ1) is 15.1. The Morgan fingerprint density at radius 1 is 1.20 bits per heavy atom. The van der Waals surface area contributed by atoms with Crippen molar-refractivity contribution < 1.29 is 9.13 Å². The molecule has 7 heteroatoms. The summed E-state index contributed by atoms with van der Waals surface area (Å²) in [6.07, 6.45) is 0. The van der Waals surface area contributed by atoms with Crippen LogP contribution in [0.2, 0.25) is 10.0 Å². The zero-order chi connectivity index (χ0) is 14.9. The monoisotopic (exact) mass is 376 g/mol. The van der Waals surface area contributed by atoms with Gasteiger partial charge in [-0.05, 0) is 40.2 Å². The second kappa shape index (κ2) is 5.99. The zero-order valence-corrected chi connectivity index (χ0v) is 13.0. The van der Waals surface area contributed by atoms with Crippen LogP contribution in [0, 0.1) is 11.2 Å². The topological polar surface area (TPSA) is 59.1 Å². The summed E-state index contributed by atoms with van der Waals surface area (Å²) in [6.45, 7) is 0. The molecule has 2 rings (SSSR count). The molecule has 0 bridgehead atoms. The van der Waals surface area contributed by atoms with E-state index >= 15 is 0 Å². The molecule has 0 saturated carbocycles. The fraction of sp³-hybridized carbons (Fsp3) is 0. The van der Waals surface area contributed by atoms with Crippen molar-refractivity contribution in [3.63, 3.8) is 0 Å². The number of hydrogen-bond acceptors (Lipinski definition) is 2. The predicted octanol–water partition coefficient (Wildman–Crippen LogP) is 4.97. The van der Waals surface area contributed by atoms with Crippen molar-refractivity contribution in [2.24, 2.45) is 5.73 Å². The van der Waals surface area contributed by atoms with Crippen molar-refractivity contribution in [2.75, 3.05) is 0 Å². The SMILES string of the molecule is N=C(N)c1ccc(Oc2cc(Cl)ccc2Cl)c(F)c1Br. The molecule has 0 saturated heterocycles. The van der Waals surface area contributed by atoms with Gasteiger partial charge in [0.1, 0.15) is 11.6 Å². The van der Waals surface area contributed by atoms with Crippen molar-refractivity contribution in [1.29, 1.82) is 5.41 Å². The van der Waals surface area contributed by atoms with E-state index in [1.54, 1.807) is 12.1 Å². The molecule has 0 aliphatic heterocycles. The molecule has 0 atom stereocenters. The molecule has 20 heavy (non-hydrogen) atoms. The van der Waals surface area contributed by atoms with Crippen LogP contribution in [-0.4, -0.2) is 5.84 Å². The first-order valence-electron chi connectivity index (χ1n) is 5.35. The van der Waals surface area contributed by atoms with Crippen molar-refractivity contribution in [3.8, 4) is 11.5 Å². The molecule has 0 aliphatic carbocycles. The average molecular weight is 378 g/mol. The average Bonchev–Trinajstić information content (AvgIpc) is 2.39.